The summed E-state index contributed by atoms with van der Waals surface area (Å²) < 4.78 is 0. The number of nitrogens with zero attached hydrogens (tertiary/aromatic N) is 2. The number of piperidine rings is 1. The fraction of sp³-hybridized carbons (Fsp3) is 0.440. The van der Waals surface area contributed by atoms with Crippen LogP contribution >= 0.6 is 0 Å². The molecule has 0 saturated carbocycles. The molecule has 2 amide bonds. The topological polar surface area (TPSA) is 52.7 Å². The van der Waals surface area contributed by atoms with Crippen molar-refractivity contribution in [2.45, 2.75) is 45.7 Å². The van der Waals surface area contributed by atoms with Crippen LogP contribution in [0.2, 0.25) is 0 Å². The molecule has 2 aromatic carbocycles. The molecule has 1 saturated heterocycles. The number of para-hydroxylation sites is 1. The third-order valence-electron chi connectivity index (χ3n) is 5.57. The molecule has 0 spiro atoms. The summed E-state index contributed by atoms with van der Waals surface area (Å²) in [6, 6.07) is 19.6. The Morgan fingerprint density at radius 2 is 1.67 bits per heavy atom. The zero-order valence-electron chi connectivity index (χ0n) is 18.3. The van der Waals surface area contributed by atoms with E-state index in [9.17, 15) is 9.59 Å². The highest BCUT2D eigenvalue weighted by Gasteiger charge is 2.31. The Balaban J connectivity index is 1.60. The van der Waals surface area contributed by atoms with Gasteiger partial charge >= 0.3 is 0 Å². The van der Waals surface area contributed by atoms with Crippen molar-refractivity contribution in [2.75, 3.05) is 25.0 Å². The van der Waals surface area contributed by atoms with Gasteiger partial charge in [0.1, 0.15) is 0 Å². The van der Waals surface area contributed by atoms with Crippen molar-refractivity contribution < 1.29 is 9.59 Å². The van der Waals surface area contributed by atoms with Gasteiger partial charge in [-0.05, 0) is 57.9 Å². The highest BCUT2D eigenvalue weighted by Crippen LogP contribution is 2.21. The predicted molar refractivity (Wildman–Crippen MR) is 121 cm³/mol. The van der Waals surface area contributed by atoms with Crippen molar-refractivity contribution >= 4 is 17.5 Å². The van der Waals surface area contributed by atoms with E-state index in [1.54, 1.807) is 0 Å². The quantitative estimate of drug-likeness (QED) is 0.782. The lowest BCUT2D eigenvalue weighted by molar-refractivity contribution is -0.139. The summed E-state index contributed by atoms with van der Waals surface area (Å²) >= 11 is 0. The van der Waals surface area contributed by atoms with Crippen LogP contribution in [0.25, 0.3) is 0 Å². The van der Waals surface area contributed by atoms with Crippen molar-refractivity contribution in [3.8, 4) is 0 Å². The van der Waals surface area contributed by atoms with Gasteiger partial charge in [0.25, 0.3) is 0 Å². The van der Waals surface area contributed by atoms with Gasteiger partial charge in [0.2, 0.25) is 11.8 Å². The van der Waals surface area contributed by atoms with E-state index in [0.717, 1.165) is 30.6 Å². The van der Waals surface area contributed by atoms with Gasteiger partial charge in [-0.15, -0.1) is 0 Å². The van der Waals surface area contributed by atoms with Crippen LogP contribution in [0.1, 0.15) is 39.2 Å². The SMILES string of the molecule is CC(C)(C)N(Cc1ccccc1)C(=O)CN1CCCC(C(=O)Nc2ccccc2)C1. The maximum Gasteiger partial charge on any atom is 0.237 e. The molecule has 1 atom stereocenters. The highest BCUT2D eigenvalue weighted by molar-refractivity contribution is 5.92. The van der Waals surface area contributed by atoms with E-state index < -0.39 is 0 Å². The highest BCUT2D eigenvalue weighted by atomic mass is 16.2. The lowest BCUT2D eigenvalue weighted by Crippen LogP contribution is -2.51. The zero-order valence-corrected chi connectivity index (χ0v) is 18.3. The number of rotatable bonds is 6. The molecule has 0 radical (unpaired) electrons. The zero-order chi connectivity index (χ0) is 21.6. The van der Waals surface area contributed by atoms with E-state index in [0.29, 0.717) is 19.6 Å². The van der Waals surface area contributed by atoms with Gasteiger partial charge in [-0.3, -0.25) is 14.5 Å². The molecule has 5 heteroatoms. The minimum atomic E-state index is -0.271. The van der Waals surface area contributed by atoms with Gasteiger partial charge in [-0.25, -0.2) is 0 Å². The Labute approximate surface area is 180 Å². The average molecular weight is 408 g/mol. The van der Waals surface area contributed by atoms with Gasteiger partial charge in [0.15, 0.2) is 0 Å². The molecule has 1 aliphatic rings. The van der Waals surface area contributed by atoms with Crippen LogP contribution < -0.4 is 5.32 Å². The molecule has 2 aromatic rings. The standard InChI is InChI=1S/C25H33N3O2/c1-25(2,3)28(17-20-11-6-4-7-12-20)23(29)19-27-16-10-13-21(18-27)24(30)26-22-14-8-5-9-15-22/h4-9,11-12,14-15,21H,10,13,16-19H2,1-3H3,(H,26,30). The Bertz CT molecular complexity index is 830. The van der Waals surface area contributed by atoms with Crippen LogP contribution in [-0.2, 0) is 16.1 Å². The maximum absolute atomic E-state index is 13.2. The van der Waals surface area contributed by atoms with Crippen LogP contribution in [0.4, 0.5) is 5.69 Å². The van der Waals surface area contributed by atoms with Crippen LogP contribution in [0.3, 0.4) is 0 Å². The van der Waals surface area contributed by atoms with E-state index in [2.05, 4.69) is 43.1 Å². The fourth-order valence-electron chi connectivity index (χ4n) is 3.92. The Morgan fingerprint density at radius 3 is 2.30 bits per heavy atom. The molecule has 0 aliphatic carbocycles. The normalized spacial score (nSPS) is 17.4. The van der Waals surface area contributed by atoms with Gasteiger partial charge < -0.3 is 10.2 Å². The van der Waals surface area contributed by atoms with Crippen LogP contribution in [-0.4, -0.2) is 46.8 Å². The number of carbonyl (C=O) groups excluding carboxylic acids is 2. The maximum atomic E-state index is 13.2. The Kier molecular flexibility index (Phi) is 7.27. The van der Waals surface area contributed by atoms with E-state index in [-0.39, 0.29) is 23.3 Å². The summed E-state index contributed by atoms with van der Waals surface area (Å²) in [5.74, 6) is 0.0507. The number of hydrogen-bond donors (Lipinski definition) is 1. The van der Waals surface area contributed by atoms with Crippen LogP contribution in [0.15, 0.2) is 60.7 Å². The van der Waals surface area contributed by atoms with Crippen molar-refractivity contribution in [3.05, 3.63) is 66.2 Å². The third-order valence-corrected chi connectivity index (χ3v) is 5.57. The molecular weight excluding hydrogens is 374 g/mol. The van der Waals surface area contributed by atoms with Crippen LogP contribution in [0, 0.1) is 5.92 Å². The Hall–Kier alpha value is -2.66. The summed E-state index contributed by atoms with van der Waals surface area (Å²) in [5, 5.41) is 3.00. The third kappa shape index (κ3) is 6.17. The molecule has 30 heavy (non-hydrogen) atoms. The summed E-state index contributed by atoms with van der Waals surface area (Å²) in [6.07, 6.45) is 1.78. The molecule has 160 valence electrons. The average Bonchev–Trinajstić information content (AvgIpc) is 2.73. The molecule has 1 N–H and O–H groups in total. The second-order valence-corrected chi connectivity index (χ2v) is 9.07. The van der Waals surface area contributed by atoms with Crippen LogP contribution in [0.5, 0.6) is 0 Å². The number of carbonyl (C=O) groups is 2. The molecule has 1 fully saturated rings. The molecular formula is C25H33N3O2. The van der Waals surface area contributed by atoms with Crippen molar-refractivity contribution in [3.63, 3.8) is 0 Å². The largest absolute Gasteiger partial charge is 0.332 e. The van der Waals surface area contributed by atoms with Gasteiger partial charge in [-0.2, -0.15) is 0 Å². The molecule has 5 nitrogen and oxygen atoms in total. The number of nitrogens with one attached hydrogen (secondary N) is 1. The van der Waals surface area contributed by atoms with Gasteiger partial charge in [-0.1, -0.05) is 48.5 Å². The van der Waals surface area contributed by atoms with E-state index >= 15 is 0 Å². The lowest BCUT2D eigenvalue weighted by Gasteiger charge is -2.39. The summed E-state index contributed by atoms with van der Waals surface area (Å²) in [5.41, 5.74) is 1.67. The molecule has 1 aliphatic heterocycles. The number of likely N-dealkylation sites (tertiary alicyclic amines) is 1. The first kappa shape index (κ1) is 22.0. The molecule has 3 rings (SSSR count). The van der Waals surface area contributed by atoms with E-state index in [4.69, 9.17) is 0 Å². The van der Waals surface area contributed by atoms with Crippen molar-refractivity contribution in [1.29, 1.82) is 0 Å². The minimum Gasteiger partial charge on any atom is -0.332 e. The second-order valence-electron chi connectivity index (χ2n) is 9.07. The monoisotopic (exact) mass is 407 g/mol. The minimum absolute atomic E-state index is 0.0373. The molecule has 1 unspecified atom stereocenters. The molecule has 1 heterocycles. The number of benzene rings is 2. The summed E-state index contributed by atoms with van der Waals surface area (Å²) in [4.78, 5) is 30.0. The molecule has 0 bridgehead atoms. The number of amides is 2. The first-order chi connectivity index (χ1) is 14.3. The Morgan fingerprint density at radius 1 is 1.03 bits per heavy atom. The van der Waals surface area contributed by atoms with E-state index in [1.165, 1.54) is 0 Å². The fourth-order valence-corrected chi connectivity index (χ4v) is 3.92. The van der Waals surface area contributed by atoms with E-state index in [1.807, 2.05) is 53.4 Å². The number of hydrogen-bond acceptors (Lipinski definition) is 3. The van der Waals surface area contributed by atoms with Crippen molar-refractivity contribution in [1.82, 2.24) is 9.80 Å². The second kappa shape index (κ2) is 9.90. The van der Waals surface area contributed by atoms with Crippen molar-refractivity contribution in [2.24, 2.45) is 5.92 Å². The predicted octanol–water partition coefficient (Wildman–Crippen LogP) is 4.16. The smallest absolute Gasteiger partial charge is 0.237 e. The first-order valence-corrected chi connectivity index (χ1v) is 10.8. The summed E-state index contributed by atoms with van der Waals surface area (Å²) in [7, 11) is 0. The molecule has 0 aromatic heterocycles. The van der Waals surface area contributed by atoms with Gasteiger partial charge in [0.05, 0.1) is 12.5 Å². The number of anilines is 1. The first-order valence-electron chi connectivity index (χ1n) is 10.8. The van der Waals surface area contributed by atoms with Gasteiger partial charge in [0, 0.05) is 24.3 Å². The summed E-state index contributed by atoms with van der Waals surface area (Å²) in [6.45, 7) is 8.62. The lowest BCUT2D eigenvalue weighted by atomic mass is 9.96.